The Hall–Kier alpha value is 0.0400. The molecule has 1 unspecified atom stereocenters. The van der Waals surface area contributed by atoms with E-state index in [2.05, 4.69) is 11.7 Å². The Kier molecular flexibility index (Phi) is 22.2. The van der Waals surface area contributed by atoms with E-state index in [9.17, 15) is 34.5 Å². The zero-order valence-corrected chi connectivity index (χ0v) is 21.3. The van der Waals surface area contributed by atoms with Crippen molar-refractivity contribution in [2.45, 2.75) is 89.6 Å². The van der Waals surface area contributed by atoms with Crippen LogP contribution in [0.1, 0.15) is 84.0 Å². The van der Waals surface area contributed by atoms with Crippen LogP contribution in [0.3, 0.4) is 0 Å². The Labute approximate surface area is 210 Å². The summed E-state index contributed by atoms with van der Waals surface area (Å²) in [6.45, 7) is 2.16. The summed E-state index contributed by atoms with van der Waals surface area (Å²) >= 11 is 0. The summed E-state index contributed by atoms with van der Waals surface area (Å²) in [5.74, 6) is -6.18. The average molecular weight is 418 g/mol. The largest absolute Gasteiger partial charge is 1.00 e. The maximum atomic E-state index is 11.5. The Bertz CT molecular complexity index is 484. The molecule has 8 nitrogen and oxygen atoms in total. The number of unbranched alkanes of at least 4 members (excludes halogenated alkanes) is 8. The number of aliphatic hydroxyl groups is 1. The van der Waals surface area contributed by atoms with Crippen molar-refractivity contribution >= 4 is 23.9 Å². The molecule has 0 bridgehead atoms. The molecule has 0 saturated carbocycles. The second-order valence-electron chi connectivity index (χ2n) is 6.47. The van der Waals surface area contributed by atoms with Gasteiger partial charge in [-0.1, -0.05) is 58.3 Å². The van der Waals surface area contributed by atoms with Gasteiger partial charge in [-0.3, -0.25) is 9.59 Å². The average Bonchev–Trinajstić information content (AvgIpc) is 2.52. The molecule has 150 valence electrons. The number of hydrogen-bond donors (Lipinski definition) is 1. The first kappa shape index (κ1) is 32.7. The predicted molar refractivity (Wildman–Crippen MR) is 87.1 cm³/mol. The molecule has 0 aromatic rings. The molecule has 0 fully saturated rings. The van der Waals surface area contributed by atoms with Crippen LogP contribution in [0.4, 0.5) is 0 Å². The van der Waals surface area contributed by atoms with Crippen molar-refractivity contribution in [2.75, 3.05) is 0 Å². The third kappa shape index (κ3) is 16.9. The minimum Gasteiger partial charge on any atom is -0.550 e. The third-order valence-corrected chi connectivity index (χ3v) is 3.97. The molecule has 1 N–H and O–H groups in total. The summed E-state index contributed by atoms with van der Waals surface area (Å²) in [5.41, 5.74) is -2.96. The Morgan fingerprint density at radius 1 is 0.786 bits per heavy atom. The molecule has 0 saturated heterocycles. The molecule has 0 aromatic heterocycles. The first-order chi connectivity index (χ1) is 12.2. The minimum atomic E-state index is -2.96. The van der Waals surface area contributed by atoms with E-state index < -0.39 is 42.3 Å². The number of carboxylic acids is 2. The molecule has 28 heavy (non-hydrogen) atoms. The Morgan fingerprint density at radius 3 is 1.68 bits per heavy atom. The van der Waals surface area contributed by atoms with E-state index in [0.717, 1.165) is 25.7 Å². The van der Waals surface area contributed by atoms with Gasteiger partial charge in [-0.05, 0) is 6.42 Å². The van der Waals surface area contributed by atoms with Crippen LogP contribution in [0.15, 0.2) is 0 Å². The first-order valence-corrected chi connectivity index (χ1v) is 9.08. The number of esters is 2. The van der Waals surface area contributed by atoms with Gasteiger partial charge in [0.2, 0.25) is 0 Å². The van der Waals surface area contributed by atoms with Crippen LogP contribution in [0.5, 0.6) is 0 Å². The molecule has 0 aliphatic carbocycles. The quantitative estimate of drug-likeness (QED) is 0.120. The maximum absolute atomic E-state index is 11.5. The summed E-state index contributed by atoms with van der Waals surface area (Å²) < 4.78 is 4.41. The van der Waals surface area contributed by atoms with Gasteiger partial charge in [0.05, 0.1) is 12.4 Å². The van der Waals surface area contributed by atoms with E-state index in [-0.39, 0.29) is 65.5 Å². The van der Waals surface area contributed by atoms with Gasteiger partial charge in [-0.25, -0.2) is 0 Å². The van der Waals surface area contributed by atoms with Crippen LogP contribution in [-0.4, -0.2) is 34.6 Å². The number of hydrogen-bond acceptors (Lipinski definition) is 8. The van der Waals surface area contributed by atoms with Crippen molar-refractivity contribution in [3.8, 4) is 0 Å². The summed E-state index contributed by atoms with van der Waals surface area (Å²) in [5, 5.41) is 30.8. The van der Waals surface area contributed by atoms with Gasteiger partial charge in [-0.15, -0.1) is 0 Å². The van der Waals surface area contributed by atoms with Crippen LogP contribution in [0.2, 0.25) is 0 Å². The Balaban J connectivity index is -0.00000312. The molecule has 0 heterocycles. The van der Waals surface area contributed by atoms with Gasteiger partial charge in [0, 0.05) is 18.8 Å². The second kappa shape index (κ2) is 19.0. The fourth-order valence-corrected chi connectivity index (χ4v) is 2.48. The van der Waals surface area contributed by atoms with Crippen LogP contribution in [0, 0.1) is 0 Å². The van der Waals surface area contributed by atoms with E-state index in [0.29, 0.717) is 6.42 Å². The molecule has 0 spiro atoms. The fourth-order valence-electron chi connectivity index (χ4n) is 2.48. The molecule has 0 aliphatic heterocycles. The van der Waals surface area contributed by atoms with Gasteiger partial charge in [0.15, 0.2) is 0 Å². The first-order valence-electron chi connectivity index (χ1n) is 9.08. The van der Waals surface area contributed by atoms with E-state index >= 15 is 0 Å². The summed E-state index contributed by atoms with van der Waals surface area (Å²) in [7, 11) is 0. The number of aliphatic carboxylic acids is 2. The number of carbonyl (C=O) groups is 4. The molecule has 0 rings (SSSR count). The molecular formula is C18H28Na2O8. The second-order valence-corrected chi connectivity index (χ2v) is 6.47. The normalized spacial score (nSPS) is 12.1. The van der Waals surface area contributed by atoms with E-state index in [1.54, 1.807) is 0 Å². The van der Waals surface area contributed by atoms with Gasteiger partial charge >= 0.3 is 71.1 Å². The molecule has 0 aliphatic rings. The molecule has 0 aromatic carbocycles. The number of carboxylic acid groups (broad SMARTS) is 2. The zero-order valence-electron chi connectivity index (χ0n) is 17.3. The van der Waals surface area contributed by atoms with Crippen LogP contribution >= 0.6 is 0 Å². The number of carbonyl (C=O) groups excluding carboxylic acids is 4. The van der Waals surface area contributed by atoms with Crippen molar-refractivity contribution in [2.24, 2.45) is 0 Å². The standard InChI is InChI=1S/C18H30O8.2Na/c1-2-3-4-5-6-7-8-9-10-11-15(21)26-16(22)13-18(25,17(23)24)12-14(19)20;;/h25H,2-13H2,1H3,(H,19,20)(H,23,24);;/q;2*+1/p-2. The Morgan fingerprint density at radius 2 is 1.25 bits per heavy atom. The van der Waals surface area contributed by atoms with Gasteiger partial charge in [0.25, 0.3) is 0 Å². The van der Waals surface area contributed by atoms with Crippen molar-refractivity contribution in [1.82, 2.24) is 0 Å². The molecular weight excluding hydrogens is 390 g/mol. The zero-order chi connectivity index (χ0) is 20.0. The summed E-state index contributed by atoms with van der Waals surface area (Å²) in [6.07, 6.45) is 6.90. The number of rotatable bonds is 15. The van der Waals surface area contributed by atoms with Crippen molar-refractivity contribution < 1.29 is 98.3 Å². The fraction of sp³-hybridized carbons (Fsp3) is 0.778. The van der Waals surface area contributed by atoms with E-state index in [1.165, 1.54) is 25.7 Å². The molecule has 0 amide bonds. The topological polar surface area (TPSA) is 144 Å². The molecule has 10 heteroatoms. The smallest absolute Gasteiger partial charge is 0.550 e. The van der Waals surface area contributed by atoms with Gasteiger partial charge in [0.1, 0.15) is 5.60 Å². The summed E-state index contributed by atoms with van der Waals surface area (Å²) in [4.78, 5) is 44.3. The maximum Gasteiger partial charge on any atom is 1.00 e. The van der Waals surface area contributed by atoms with Crippen molar-refractivity contribution in [3.63, 3.8) is 0 Å². The van der Waals surface area contributed by atoms with E-state index in [1.807, 2.05) is 0 Å². The van der Waals surface area contributed by atoms with Gasteiger partial charge in [-0.2, -0.15) is 0 Å². The monoisotopic (exact) mass is 418 g/mol. The minimum absolute atomic E-state index is 0. The predicted octanol–water partition coefficient (Wildman–Crippen LogP) is -6.00. The van der Waals surface area contributed by atoms with Crippen LogP contribution < -0.4 is 69.3 Å². The molecule has 1 atom stereocenters. The number of ether oxygens (including phenoxy) is 1. The van der Waals surface area contributed by atoms with Crippen LogP contribution in [-0.2, 0) is 23.9 Å². The SMILES string of the molecule is CCCCCCCCCCCC(=O)OC(=O)CC(O)(CC(=O)[O-])C(=O)[O-].[Na+].[Na+]. The van der Waals surface area contributed by atoms with E-state index in [4.69, 9.17) is 0 Å². The third-order valence-electron chi connectivity index (χ3n) is 3.97. The van der Waals surface area contributed by atoms with Crippen molar-refractivity contribution in [3.05, 3.63) is 0 Å². The summed E-state index contributed by atoms with van der Waals surface area (Å²) in [6, 6.07) is 0. The van der Waals surface area contributed by atoms with Crippen molar-refractivity contribution in [1.29, 1.82) is 0 Å². The van der Waals surface area contributed by atoms with Gasteiger partial charge < -0.3 is 29.6 Å². The van der Waals surface area contributed by atoms with Crippen LogP contribution in [0.25, 0.3) is 0 Å². The molecule has 0 radical (unpaired) electrons.